The van der Waals surface area contributed by atoms with Crippen molar-refractivity contribution in [3.63, 3.8) is 0 Å². The molecule has 4 nitrogen and oxygen atoms in total. The van der Waals surface area contributed by atoms with Gasteiger partial charge in [-0.05, 0) is 44.4 Å². The molecular formula is C12H16N4S. The van der Waals surface area contributed by atoms with Crippen LogP contribution < -0.4 is 5.32 Å². The van der Waals surface area contributed by atoms with E-state index in [0.717, 1.165) is 29.1 Å². The molecule has 5 heteroatoms. The Hall–Kier alpha value is -1.20. The number of hydrogen-bond acceptors (Lipinski definition) is 5. The maximum atomic E-state index is 4.36. The predicted molar refractivity (Wildman–Crippen MR) is 71.6 cm³/mol. The Morgan fingerprint density at radius 1 is 1.35 bits per heavy atom. The second-order valence-electron chi connectivity index (χ2n) is 4.58. The number of anilines is 1. The summed E-state index contributed by atoms with van der Waals surface area (Å²) in [6.07, 6.45) is 4.02. The summed E-state index contributed by atoms with van der Waals surface area (Å²) >= 11 is 1.66. The first-order valence-electron chi connectivity index (χ1n) is 5.96. The van der Waals surface area contributed by atoms with E-state index in [0.29, 0.717) is 6.04 Å². The van der Waals surface area contributed by atoms with Crippen LogP contribution in [-0.2, 0) is 0 Å². The van der Waals surface area contributed by atoms with Crippen molar-refractivity contribution in [2.75, 3.05) is 25.5 Å². The SMILES string of the molecule is CN1CCC(Nc2ncnc3sccc23)CC1. The number of fused-ring (bicyclic) bond motifs is 1. The number of piperidine rings is 1. The Kier molecular flexibility index (Phi) is 2.94. The molecular weight excluding hydrogens is 232 g/mol. The smallest absolute Gasteiger partial charge is 0.138 e. The Balaban J connectivity index is 1.78. The van der Waals surface area contributed by atoms with Crippen LogP contribution >= 0.6 is 11.3 Å². The minimum Gasteiger partial charge on any atom is -0.367 e. The van der Waals surface area contributed by atoms with Crippen molar-refractivity contribution in [1.29, 1.82) is 0 Å². The van der Waals surface area contributed by atoms with Gasteiger partial charge >= 0.3 is 0 Å². The molecule has 0 amide bonds. The molecule has 1 aliphatic rings. The first-order valence-corrected chi connectivity index (χ1v) is 6.84. The molecule has 0 spiro atoms. The Morgan fingerprint density at radius 3 is 3.00 bits per heavy atom. The van der Waals surface area contributed by atoms with Gasteiger partial charge in [0.2, 0.25) is 0 Å². The molecule has 90 valence electrons. The second kappa shape index (κ2) is 4.58. The lowest BCUT2D eigenvalue weighted by atomic mass is 10.1. The molecule has 0 unspecified atom stereocenters. The molecule has 0 aromatic carbocycles. The lowest BCUT2D eigenvalue weighted by Gasteiger charge is -2.29. The molecule has 3 rings (SSSR count). The highest BCUT2D eigenvalue weighted by molar-refractivity contribution is 7.16. The van der Waals surface area contributed by atoms with E-state index in [1.807, 2.05) is 0 Å². The highest BCUT2D eigenvalue weighted by atomic mass is 32.1. The molecule has 0 atom stereocenters. The van der Waals surface area contributed by atoms with Gasteiger partial charge in [-0.3, -0.25) is 0 Å². The van der Waals surface area contributed by atoms with Gasteiger partial charge in [0.05, 0.1) is 5.39 Å². The fourth-order valence-corrected chi connectivity index (χ4v) is 2.98. The van der Waals surface area contributed by atoms with Gasteiger partial charge in [-0.15, -0.1) is 11.3 Å². The molecule has 3 heterocycles. The molecule has 0 bridgehead atoms. The summed E-state index contributed by atoms with van der Waals surface area (Å²) in [6.45, 7) is 2.32. The van der Waals surface area contributed by atoms with E-state index >= 15 is 0 Å². The van der Waals surface area contributed by atoms with Crippen molar-refractivity contribution < 1.29 is 0 Å². The van der Waals surface area contributed by atoms with Crippen LogP contribution in [0.4, 0.5) is 5.82 Å². The molecule has 1 fully saturated rings. The fourth-order valence-electron chi connectivity index (χ4n) is 2.25. The number of likely N-dealkylation sites (tertiary alicyclic amines) is 1. The zero-order valence-corrected chi connectivity index (χ0v) is 10.7. The normalized spacial score (nSPS) is 18.6. The third-order valence-corrected chi connectivity index (χ3v) is 4.14. The van der Waals surface area contributed by atoms with E-state index in [4.69, 9.17) is 0 Å². The zero-order valence-electron chi connectivity index (χ0n) is 9.89. The maximum absolute atomic E-state index is 4.36. The average Bonchev–Trinajstić information content (AvgIpc) is 2.81. The molecule has 1 aliphatic heterocycles. The predicted octanol–water partition coefficient (Wildman–Crippen LogP) is 2.20. The molecule has 1 saturated heterocycles. The van der Waals surface area contributed by atoms with Crippen LogP contribution in [0.2, 0.25) is 0 Å². The van der Waals surface area contributed by atoms with E-state index in [9.17, 15) is 0 Å². The maximum Gasteiger partial charge on any atom is 0.138 e. The van der Waals surface area contributed by atoms with Crippen LogP contribution in [0, 0.1) is 0 Å². The van der Waals surface area contributed by atoms with Crippen LogP contribution in [-0.4, -0.2) is 41.0 Å². The number of nitrogens with one attached hydrogen (secondary N) is 1. The highest BCUT2D eigenvalue weighted by Crippen LogP contribution is 2.25. The van der Waals surface area contributed by atoms with Crippen LogP contribution in [0.5, 0.6) is 0 Å². The minimum atomic E-state index is 0.546. The topological polar surface area (TPSA) is 41.0 Å². The molecule has 2 aromatic rings. The van der Waals surface area contributed by atoms with E-state index in [1.165, 1.54) is 12.8 Å². The quantitative estimate of drug-likeness (QED) is 0.884. The Morgan fingerprint density at radius 2 is 2.18 bits per heavy atom. The van der Waals surface area contributed by atoms with Gasteiger partial charge in [0.1, 0.15) is 17.0 Å². The number of thiophene rings is 1. The third-order valence-electron chi connectivity index (χ3n) is 3.32. The molecule has 17 heavy (non-hydrogen) atoms. The molecule has 0 aliphatic carbocycles. The molecule has 0 radical (unpaired) electrons. The van der Waals surface area contributed by atoms with Crippen molar-refractivity contribution in [1.82, 2.24) is 14.9 Å². The largest absolute Gasteiger partial charge is 0.367 e. The monoisotopic (exact) mass is 248 g/mol. The van der Waals surface area contributed by atoms with E-state index in [2.05, 4.69) is 38.7 Å². The number of hydrogen-bond donors (Lipinski definition) is 1. The number of rotatable bonds is 2. The number of aromatic nitrogens is 2. The van der Waals surface area contributed by atoms with Gasteiger partial charge in [0.15, 0.2) is 0 Å². The standard InChI is InChI=1S/C12H16N4S/c1-16-5-2-9(3-6-16)15-11-10-4-7-17-12(10)14-8-13-11/h4,7-9H,2-3,5-6H2,1H3,(H,13,14,15). The second-order valence-corrected chi connectivity index (χ2v) is 5.48. The summed E-state index contributed by atoms with van der Waals surface area (Å²) in [6, 6.07) is 2.64. The van der Waals surface area contributed by atoms with Gasteiger partial charge in [-0.25, -0.2) is 9.97 Å². The van der Waals surface area contributed by atoms with E-state index < -0.39 is 0 Å². The van der Waals surface area contributed by atoms with Crippen LogP contribution in [0.15, 0.2) is 17.8 Å². The first kappa shape index (κ1) is 10.9. The van der Waals surface area contributed by atoms with Gasteiger partial charge in [0, 0.05) is 6.04 Å². The van der Waals surface area contributed by atoms with Crippen molar-refractivity contribution in [2.24, 2.45) is 0 Å². The van der Waals surface area contributed by atoms with Crippen molar-refractivity contribution in [2.45, 2.75) is 18.9 Å². The summed E-state index contributed by atoms with van der Waals surface area (Å²) in [5.41, 5.74) is 0. The lowest BCUT2D eigenvalue weighted by molar-refractivity contribution is 0.264. The highest BCUT2D eigenvalue weighted by Gasteiger charge is 2.17. The number of nitrogens with zero attached hydrogens (tertiary/aromatic N) is 3. The molecule has 2 aromatic heterocycles. The summed E-state index contributed by atoms with van der Waals surface area (Å²) < 4.78 is 0. The van der Waals surface area contributed by atoms with E-state index in [-0.39, 0.29) is 0 Å². The van der Waals surface area contributed by atoms with Gasteiger partial charge < -0.3 is 10.2 Å². The van der Waals surface area contributed by atoms with Gasteiger partial charge in [-0.2, -0.15) is 0 Å². The Labute approximate surface area is 105 Å². The first-order chi connectivity index (χ1) is 8.33. The zero-order chi connectivity index (χ0) is 11.7. The van der Waals surface area contributed by atoms with E-state index in [1.54, 1.807) is 17.7 Å². The lowest BCUT2D eigenvalue weighted by Crippen LogP contribution is -2.36. The summed E-state index contributed by atoms with van der Waals surface area (Å²) in [4.78, 5) is 12.1. The van der Waals surface area contributed by atoms with Gasteiger partial charge in [0.25, 0.3) is 0 Å². The fraction of sp³-hybridized carbons (Fsp3) is 0.500. The van der Waals surface area contributed by atoms with Crippen LogP contribution in [0.3, 0.4) is 0 Å². The minimum absolute atomic E-state index is 0.546. The van der Waals surface area contributed by atoms with Crippen molar-refractivity contribution >= 4 is 27.4 Å². The summed E-state index contributed by atoms with van der Waals surface area (Å²) in [5.74, 6) is 0.991. The summed E-state index contributed by atoms with van der Waals surface area (Å²) in [5, 5.41) is 6.78. The van der Waals surface area contributed by atoms with Crippen LogP contribution in [0.25, 0.3) is 10.2 Å². The third kappa shape index (κ3) is 2.25. The molecule has 1 N–H and O–H groups in total. The van der Waals surface area contributed by atoms with Crippen LogP contribution in [0.1, 0.15) is 12.8 Å². The average molecular weight is 248 g/mol. The molecule has 0 saturated carbocycles. The Bertz CT molecular complexity index is 502. The van der Waals surface area contributed by atoms with Gasteiger partial charge in [-0.1, -0.05) is 0 Å². The van der Waals surface area contributed by atoms with Crippen molar-refractivity contribution in [3.8, 4) is 0 Å². The summed E-state index contributed by atoms with van der Waals surface area (Å²) in [7, 11) is 2.18. The van der Waals surface area contributed by atoms with Crippen molar-refractivity contribution in [3.05, 3.63) is 17.8 Å².